The van der Waals surface area contributed by atoms with E-state index in [9.17, 15) is 8.78 Å². The van der Waals surface area contributed by atoms with Crippen LogP contribution in [0.15, 0.2) is 12.1 Å². The van der Waals surface area contributed by atoms with Crippen LogP contribution in [0.1, 0.15) is 25.8 Å². The molecule has 2 heterocycles. The highest BCUT2D eigenvalue weighted by Crippen LogP contribution is 2.30. The number of hydrogen-bond acceptors (Lipinski definition) is 2. The first-order valence-electron chi connectivity index (χ1n) is 6.77. The van der Waals surface area contributed by atoms with Gasteiger partial charge in [0, 0.05) is 24.7 Å². The van der Waals surface area contributed by atoms with Crippen molar-refractivity contribution in [2.45, 2.75) is 31.8 Å². The minimum atomic E-state index is -0.592. The first-order valence-corrected chi connectivity index (χ1v) is 7.17. The number of aromatic nitrogens is 2. The van der Waals surface area contributed by atoms with Crippen LogP contribution < -0.4 is 0 Å². The van der Waals surface area contributed by atoms with Gasteiger partial charge < -0.3 is 14.5 Å². The highest BCUT2D eigenvalue weighted by Gasteiger charge is 2.26. The number of halogens is 2. The Hall–Kier alpha value is -1.27. The maximum Gasteiger partial charge on any atom is 0.178 e. The first kappa shape index (κ1) is 13.7. The summed E-state index contributed by atoms with van der Waals surface area (Å²) in [6.45, 7) is 3.11. The van der Waals surface area contributed by atoms with Crippen LogP contribution in [0.2, 0.25) is 0 Å². The average Bonchev–Trinajstić information content (AvgIpc) is 2.70. The molecule has 6 heteroatoms. The molecule has 0 aliphatic carbocycles. The van der Waals surface area contributed by atoms with Gasteiger partial charge in [-0.2, -0.15) is 0 Å². The quantitative estimate of drug-likeness (QED) is 0.813. The molecule has 3 nitrogen and oxygen atoms in total. The molecule has 0 saturated carbocycles. The molecular weight excluding hydrogens is 280 g/mol. The molecule has 1 aliphatic heterocycles. The van der Waals surface area contributed by atoms with Crippen molar-refractivity contribution in [1.29, 1.82) is 0 Å². The highest BCUT2D eigenvalue weighted by atomic mass is 32.1. The number of rotatable bonds is 1. The van der Waals surface area contributed by atoms with E-state index < -0.39 is 11.6 Å². The van der Waals surface area contributed by atoms with Gasteiger partial charge in [-0.05, 0) is 45.1 Å². The van der Waals surface area contributed by atoms with E-state index in [1.807, 2.05) is 4.57 Å². The Morgan fingerprint density at radius 2 is 2.10 bits per heavy atom. The van der Waals surface area contributed by atoms with Crippen molar-refractivity contribution in [3.63, 3.8) is 0 Å². The van der Waals surface area contributed by atoms with E-state index in [1.54, 1.807) is 0 Å². The predicted molar refractivity (Wildman–Crippen MR) is 77.4 cm³/mol. The molecule has 1 fully saturated rings. The molecule has 0 amide bonds. The van der Waals surface area contributed by atoms with Crippen LogP contribution >= 0.6 is 12.2 Å². The molecule has 2 aromatic rings. The Kier molecular flexibility index (Phi) is 3.38. The van der Waals surface area contributed by atoms with Gasteiger partial charge in [-0.1, -0.05) is 0 Å². The number of H-pyrrole nitrogens is 1. The first-order chi connectivity index (χ1) is 9.47. The van der Waals surface area contributed by atoms with Gasteiger partial charge in [0.2, 0.25) is 0 Å². The smallest absolute Gasteiger partial charge is 0.178 e. The number of nitrogens with zero attached hydrogens (tertiary/aromatic N) is 2. The summed E-state index contributed by atoms with van der Waals surface area (Å²) in [4.78, 5) is 5.16. The molecule has 1 saturated heterocycles. The molecule has 2 unspecified atom stereocenters. The van der Waals surface area contributed by atoms with E-state index in [-0.39, 0.29) is 6.04 Å². The van der Waals surface area contributed by atoms with Crippen LogP contribution in [0.3, 0.4) is 0 Å². The number of benzene rings is 1. The van der Waals surface area contributed by atoms with Crippen molar-refractivity contribution >= 4 is 23.3 Å². The summed E-state index contributed by atoms with van der Waals surface area (Å²) in [6, 6.07) is 2.85. The van der Waals surface area contributed by atoms with Crippen molar-refractivity contribution < 1.29 is 8.78 Å². The lowest BCUT2D eigenvalue weighted by Crippen LogP contribution is -2.38. The van der Waals surface area contributed by atoms with E-state index in [4.69, 9.17) is 12.2 Å². The van der Waals surface area contributed by atoms with Crippen molar-refractivity contribution in [2.75, 3.05) is 13.6 Å². The van der Waals surface area contributed by atoms with E-state index in [1.165, 1.54) is 6.07 Å². The van der Waals surface area contributed by atoms with Gasteiger partial charge in [-0.25, -0.2) is 8.78 Å². The minimum absolute atomic E-state index is 0.184. The second kappa shape index (κ2) is 4.93. The molecule has 2 atom stereocenters. The number of hydrogen-bond donors (Lipinski definition) is 1. The lowest BCUT2D eigenvalue weighted by atomic mass is 9.98. The van der Waals surface area contributed by atoms with Gasteiger partial charge in [0.05, 0.1) is 5.52 Å². The van der Waals surface area contributed by atoms with Crippen molar-refractivity contribution in [2.24, 2.45) is 0 Å². The summed E-state index contributed by atoms with van der Waals surface area (Å²) in [7, 11) is 2.09. The number of nitrogens with one attached hydrogen (secondary N) is 1. The van der Waals surface area contributed by atoms with Gasteiger partial charge >= 0.3 is 0 Å². The molecule has 0 spiro atoms. The Morgan fingerprint density at radius 1 is 1.35 bits per heavy atom. The standard InChI is InChI=1S/C14H17F2N3S/c1-8-5-10(3-4-18(8)2)19-12-7-9(15)6-11(16)13(12)17-14(19)20/h6-8,10H,3-5H2,1-2H3,(H,17,20). The maximum atomic E-state index is 13.8. The second-order valence-electron chi connectivity index (χ2n) is 5.59. The number of imidazole rings is 1. The van der Waals surface area contributed by atoms with Crippen LogP contribution in [0.25, 0.3) is 11.0 Å². The van der Waals surface area contributed by atoms with Gasteiger partial charge in [0.1, 0.15) is 11.3 Å². The largest absolute Gasteiger partial charge is 0.328 e. The van der Waals surface area contributed by atoms with E-state index in [2.05, 4.69) is 23.9 Å². The molecule has 1 aliphatic rings. The molecule has 0 radical (unpaired) electrons. The second-order valence-corrected chi connectivity index (χ2v) is 5.98. The zero-order valence-corrected chi connectivity index (χ0v) is 12.3. The third-order valence-electron chi connectivity index (χ3n) is 4.29. The van der Waals surface area contributed by atoms with Crippen LogP contribution in [0, 0.1) is 16.4 Å². The highest BCUT2D eigenvalue weighted by molar-refractivity contribution is 7.71. The summed E-state index contributed by atoms with van der Waals surface area (Å²) in [5.41, 5.74) is 0.817. The molecule has 0 bridgehead atoms. The Labute approximate surface area is 121 Å². The summed E-state index contributed by atoms with van der Waals surface area (Å²) >= 11 is 5.31. The fourth-order valence-electron chi connectivity index (χ4n) is 3.01. The average molecular weight is 297 g/mol. The van der Waals surface area contributed by atoms with Crippen LogP contribution in [0.4, 0.5) is 8.78 Å². The molecule has 1 N–H and O–H groups in total. The monoisotopic (exact) mass is 297 g/mol. The van der Waals surface area contributed by atoms with Crippen LogP contribution in [-0.4, -0.2) is 34.1 Å². The fourth-order valence-corrected chi connectivity index (χ4v) is 3.36. The Balaban J connectivity index is 2.12. The lowest BCUT2D eigenvalue weighted by Gasteiger charge is -2.35. The van der Waals surface area contributed by atoms with Gasteiger partial charge in [0.25, 0.3) is 0 Å². The van der Waals surface area contributed by atoms with E-state index >= 15 is 0 Å². The third-order valence-corrected chi connectivity index (χ3v) is 4.59. The zero-order chi connectivity index (χ0) is 14.4. The number of aromatic amines is 1. The molecule has 3 rings (SSSR count). The Morgan fingerprint density at radius 3 is 2.80 bits per heavy atom. The predicted octanol–water partition coefficient (Wildman–Crippen LogP) is 3.63. The SMILES string of the molecule is CC1CC(n2c(=S)[nH]c3c(F)cc(F)cc32)CCN1C. The number of likely N-dealkylation sites (tertiary alicyclic amines) is 1. The number of piperidine rings is 1. The van der Waals surface area contributed by atoms with Crippen LogP contribution in [-0.2, 0) is 0 Å². The molecule has 20 heavy (non-hydrogen) atoms. The van der Waals surface area contributed by atoms with Crippen molar-refractivity contribution in [3.8, 4) is 0 Å². The van der Waals surface area contributed by atoms with Crippen molar-refractivity contribution in [1.82, 2.24) is 14.5 Å². The van der Waals surface area contributed by atoms with Gasteiger partial charge in [-0.3, -0.25) is 0 Å². The number of fused-ring (bicyclic) bond motifs is 1. The van der Waals surface area contributed by atoms with E-state index in [0.717, 1.165) is 25.5 Å². The van der Waals surface area contributed by atoms with Crippen molar-refractivity contribution in [3.05, 3.63) is 28.5 Å². The maximum absolute atomic E-state index is 13.8. The third kappa shape index (κ3) is 2.16. The Bertz CT molecular complexity index is 706. The molecular formula is C14H17F2N3S. The molecule has 108 valence electrons. The minimum Gasteiger partial charge on any atom is -0.328 e. The molecule has 1 aromatic carbocycles. The lowest BCUT2D eigenvalue weighted by molar-refractivity contribution is 0.158. The zero-order valence-electron chi connectivity index (χ0n) is 11.5. The van der Waals surface area contributed by atoms with Gasteiger partial charge in [-0.15, -0.1) is 0 Å². The summed E-state index contributed by atoms with van der Waals surface area (Å²) in [5.74, 6) is -1.16. The van der Waals surface area contributed by atoms with E-state index in [0.29, 0.717) is 21.8 Å². The van der Waals surface area contributed by atoms with Gasteiger partial charge in [0.15, 0.2) is 10.6 Å². The van der Waals surface area contributed by atoms with Crippen LogP contribution in [0.5, 0.6) is 0 Å². The normalized spacial score (nSPS) is 24.4. The molecule has 1 aromatic heterocycles. The summed E-state index contributed by atoms with van der Waals surface area (Å²) in [5, 5.41) is 0. The fraction of sp³-hybridized carbons (Fsp3) is 0.500. The topological polar surface area (TPSA) is 24.0 Å². The summed E-state index contributed by atoms with van der Waals surface area (Å²) < 4.78 is 29.6. The summed E-state index contributed by atoms with van der Waals surface area (Å²) in [6.07, 6.45) is 1.86.